The Morgan fingerprint density at radius 1 is 1.47 bits per heavy atom. The zero-order chi connectivity index (χ0) is 13.1. The van der Waals surface area contributed by atoms with Crippen molar-refractivity contribution in [2.24, 2.45) is 0 Å². The quantitative estimate of drug-likeness (QED) is 0.828. The number of aliphatic hydroxyl groups is 1. The van der Waals surface area contributed by atoms with Crippen molar-refractivity contribution >= 4 is 11.9 Å². The van der Waals surface area contributed by atoms with Gasteiger partial charge in [-0.2, -0.15) is 0 Å². The van der Waals surface area contributed by atoms with Gasteiger partial charge in [-0.05, 0) is 39.3 Å². The summed E-state index contributed by atoms with van der Waals surface area (Å²) in [5.41, 5.74) is 0.870. The Balaban J connectivity index is 2.72. The molecule has 0 atom stereocenters. The fraction of sp³-hybridized carbons (Fsp3) is 0.500. The topological polar surface area (TPSA) is 71.5 Å². The summed E-state index contributed by atoms with van der Waals surface area (Å²) in [7, 11) is 0. The third kappa shape index (κ3) is 4.40. The molecule has 1 amide bonds. The molecule has 0 fully saturated rings. The van der Waals surface area contributed by atoms with Crippen molar-refractivity contribution in [3.05, 3.63) is 23.4 Å². The van der Waals surface area contributed by atoms with Crippen LogP contribution in [0.2, 0.25) is 0 Å². The molecule has 0 radical (unpaired) electrons. The molecular weight excluding hydrogens is 220 g/mol. The van der Waals surface area contributed by atoms with E-state index in [1.165, 1.54) is 0 Å². The molecule has 1 aromatic heterocycles. The lowest BCUT2D eigenvalue weighted by Crippen LogP contribution is -2.27. The Bertz CT molecular complexity index is 411. The second kappa shape index (κ2) is 5.14. The fourth-order valence-corrected chi connectivity index (χ4v) is 1.21. The highest BCUT2D eigenvalue weighted by Crippen LogP contribution is 2.12. The third-order valence-corrected chi connectivity index (χ3v) is 1.98. The molecule has 94 valence electrons. The Morgan fingerprint density at radius 3 is 2.65 bits per heavy atom. The summed E-state index contributed by atoms with van der Waals surface area (Å²) in [5.74, 6) is 0.369. The van der Waals surface area contributed by atoms with Crippen molar-refractivity contribution in [1.29, 1.82) is 0 Å². The molecule has 0 bridgehead atoms. The number of anilines is 1. The molecule has 0 aromatic carbocycles. The summed E-state index contributed by atoms with van der Waals surface area (Å²) in [6.07, 6.45) is -0.558. The van der Waals surface area contributed by atoms with Gasteiger partial charge in [0.25, 0.3) is 0 Å². The number of carbonyl (C=O) groups is 1. The summed E-state index contributed by atoms with van der Waals surface area (Å²) in [6.45, 7) is 7.04. The van der Waals surface area contributed by atoms with Crippen LogP contribution >= 0.6 is 0 Å². The Labute approximate surface area is 101 Å². The Kier molecular flexibility index (Phi) is 4.07. The van der Waals surface area contributed by atoms with Crippen LogP contribution < -0.4 is 5.32 Å². The number of aliphatic hydroxyl groups excluding tert-OH is 1. The molecule has 1 aromatic rings. The van der Waals surface area contributed by atoms with Crippen LogP contribution in [0.15, 0.2) is 12.1 Å². The summed E-state index contributed by atoms with van der Waals surface area (Å²) in [4.78, 5) is 15.6. The number of nitrogens with one attached hydrogen (secondary N) is 1. The lowest BCUT2D eigenvalue weighted by Gasteiger charge is -2.19. The number of pyridine rings is 1. The first-order valence-corrected chi connectivity index (χ1v) is 5.39. The van der Waals surface area contributed by atoms with Crippen molar-refractivity contribution < 1.29 is 14.6 Å². The minimum Gasteiger partial charge on any atom is -0.444 e. The smallest absolute Gasteiger partial charge is 0.413 e. The van der Waals surface area contributed by atoms with Gasteiger partial charge in [0.2, 0.25) is 0 Å². The third-order valence-electron chi connectivity index (χ3n) is 1.98. The maximum atomic E-state index is 11.5. The van der Waals surface area contributed by atoms with Crippen LogP contribution in [0.25, 0.3) is 0 Å². The van der Waals surface area contributed by atoms with Crippen LogP contribution in [0, 0.1) is 6.92 Å². The van der Waals surface area contributed by atoms with Crippen LogP contribution in [0.4, 0.5) is 10.6 Å². The predicted molar refractivity (Wildman–Crippen MR) is 64.8 cm³/mol. The van der Waals surface area contributed by atoms with Crippen LogP contribution in [0.3, 0.4) is 0 Å². The Hall–Kier alpha value is -1.62. The zero-order valence-corrected chi connectivity index (χ0v) is 10.6. The number of amides is 1. The maximum absolute atomic E-state index is 11.5. The monoisotopic (exact) mass is 238 g/mol. The van der Waals surface area contributed by atoms with Crippen LogP contribution in [-0.4, -0.2) is 21.8 Å². The molecule has 0 saturated carbocycles. The largest absolute Gasteiger partial charge is 0.444 e. The SMILES string of the molecule is Cc1ccc(NC(=O)OC(C)(C)C)nc1CO. The second-order valence-corrected chi connectivity index (χ2v) is 4.75. The minimum atomic E-state index is -0.558. The van der Waals surface area contributed by atoms with Crippen molar-refractivity contribution in [3.63, 3.8) is 0 Å². The van der Waals surface area contributed by atoms with Gasteiger partial charge < -0.3 is 9.84 Å². The molecule has 0 unspecified atom stereocenters. The van der Waals surface area contributed by atoms with Gasteiger partial charge in [-0.3, -0.25) is 5.32 Å². The van der Waals surface area contributed by atoms with E-state index < -0.39 is 11.7 Å². The van der Waals surface area contributed by atoms with Gasteiger partial charge in [-0.25, -0.2) is 9.78 Å². The van der Waals surface area contributed by atoms with E-state index in [0.29, 0.717) is 11.5 Å². The number of nitrogens with zero attached hydrogens (tertiary/aromatic N) is 1. The average Bonchev–Trinajstić information content (AvgIpc) is 2.18. The van der Waals surface area contributed by atoms with E-state index in [9.17, 15) is 4.79 Å². The summed E-state index contributed by atoms with van der Waals surface area (Å²) in [5, 5.41) is 11.6. The molecule has 0 aliphatic carbocycles. The number of hydrogen-bond acceptors (Lipinski definition) is 4. The first kappa shape index (κ1) is 13.4. The van der Waals surface area contributed by atoms with Gasteiger partial charge >= 0.3 is 6.09 Å². The highest BCUT2D eigenvalue weighted by molar-refractivity contribution is 5.83. The first-order valence-electron chi connectivity index (χ1n) is 5.39. The molecule has 5 nitrogen and oxygen atoms in total. The first-order chi connectivity index (χ1) is 7.81. The van der Waals surface area contributed by atoms with Gasteiger partial charge in [0.1, 0.15) is 11.4 Å². The second-order valence-electron chi connectivity index (χ2n) is 4.75. The van der Waals surface area contributed by atoms with Crippen molar-refractivity contribution in [1.82, 2.24) is 4.98 Å². The van der Waals surface area contributed by atoms with E-state index in [4.69, 9.17) is 9.84 Å². The summed E-state index contributed by atoms with van der Waals surface area (Å²) < 4.78 is 5.09. The molecule has 0 saturated heterocycles. The minimum absolute atomic E-state index is 0.157. The van der Waals surface area contributed by atoms with Gasteiger partial charge in [0.05, 0.1) is 12.3 Å². The van der Waals surface area contributed by atoms with Gasteiger partial charge in [-0.1, -0.05) is 6.07 Å². The number of ether oxygens (including phenoxy) is 1. The number of aryl methyl sites for hydroxylation is 1. The highest BCUT2D eigenvalue weighted by Gasteiger charge is 2.16. The van der Waals surface area contributed by atoms with E-state index in [1.54, 1.807) is 32.9 Å². The molecule has 0 aliphatic rings. The van der Waals surface area contributed by atoms with Crippen LogP contribution in [0.1, 0.15) is 32.0 Å². The average molecular weight is 238 g/mol. The molecule has 1 rings (SSSR count). The zero-order valence-electron chi connectivity index (χ0n) is 10.6. The number of aromatic nitrogens is 1. The molecule has 17 heavy (non-hydrogen) atoms. The lowest BCUT2D eigenvalue weighted by molar-refractivity contribution is 0.0635. The molecule has 2 N–H and O–H groups in total. The number of hydrogen-bond donors (Lipinski definition) is 2. The maximum Gasteiger partial charge on any atom is 0.413 e. The van der Waals surface area contributed by atoms with E-state index in [1.807, 2.05) is 6.92 Å². The van der Waals surface area contributed by atoms with E-state index in [0.717, 1.165) is 5.56 Å². The van der Waals surface area contributed by atoms with E-state index in [-0.39, 0.29) is 6.61 Å². The predicted octanol–water partition coefficient (Wildman–Crippen LogP) is 2.23. The van der Waals surface area contributed by atoms with Crippen molar-refractivity contribution in [3.8, 4) is 0 Å². The van der Waals surface area contributed by atoms with Gasteiger partial charge in [-0.15, -0.1) is 0 Å². The van der Waals surface area contributed by atoms with Gasteiger partial charge in [0, 0.05) is 0 Å². The van der Waals surface area contributed by atoms with E-state index in [2.05, 4.69) is 10.3 Å². The van der Waals surface area contributed by atoms with Crippen molar-refractivity contribution in [2.75, 3.05) is 5.32 Å². The summed E-state index contributed by atoms with van der Waals surface area (Å²) in [6, 6.07) is 3.45. The lowest BCUT2D eigenvalue weighted by atomic mass is 10.2. The van der Waals surface area contributed by atoms with Crippen LogP contribution in [0.5, 0.6) is 0 Å². The normalized spacial score (nSPS) is 11.1. The van der Waals surface area contributed by atoms with Crippen LogP contribution in [-0.2, 0) is 11.3 Å². The van der Waals surface area contributed by atoms with E-state index >= 15 is 0 Å². The van der Waals surface area contributed by atoms with Crippen molar-refractivity contribution in [2.45, 2.75) is 39.9 Å². The molecule has 0 spiro atoms. The van der Waals surface area contributed by atoms with Gasteiger partial charge in [0.15, 0.2) is 0 Å². The fourth-order valence-electron chi connectivity index (χ4n) is 1.21. The standard InChI is InChI=1S/C12H18N2O3/c1-8-5-6-10(13-9(8)7-15)14-11(16)17-12(2,3)4/h5-6,15H,7H2,1-4H3,(H,13,14,16). The summed E-state index contributed by atoms with van der Waals surface area (Å²) >= 11 is 0. The number of rotatable bonds is 2. The highest BCUT2D eigenvalue weighted by atomic mass is 16.6. The molecular formula is C12H18N2O3. The Morgan fingerprint density at radius 2 is 2.12 bits per heavy atom. The molecule has 5 heteroatoms. The molecule has 1 heterocycles. The molecule has 0 aliphatic heterocycles. The number of carbonyl (C=O) groups excluding carboxylic acids is 1.